The number of fused-ring (bicyclic) bond motifs is 6. The first-order valence-electron chi connectivity index (χ1n) is 39.0. The number of rotatable bonds is 9. The van der Waals surface area contributed by atoms with E-state index >= 15 is 0 Å². The minimum absolute atomic E-state index is 0.00639. The average Bonchev–Trinajstić information content (AvgIpc) is 0.686. The molecule has 0 radical (unpaired) electrons. The highest BCUT2D eigenvalue weighted by Gasteiger charge is 2.45. The molecule has 0 aromatic heterocycles. The van der Waals surface area contributed by atoms with Crippen LogP contribution in [0.1, 0.15) is 214 Å². The molecule has 107 heavy (non-hydrogen) atoms. The van der Waals surface area contributed by atoms with Crippen LogP contribution in [0.15, 0.2) is 279 Å². The van der Waals surface area contributed by atoms with E-state index in [4.69, 9.17) is 0 Å². The van der Waals surface area contributed by atoms with Gasteiger partial charge in [-0.3, -0.25) is 0 Å². The van der Waals surface area contributed by atoms with E-state index in [1.807, 2.05) is 0 Å². The van der Waals surface area contributed by atoms with E-state index in [1.54, 1.807) is 0 Å². The van der Waals surface area contributed by atoms with Crippen molar-refractivity contribution in [2.75, 3.05) is 9.80 Å². The Kier molecular flexibility index (Phi) is 17.3. The van der Waals surface area contributed by atoms with Crippen molar-refractivity contribution in [1.29, 1.82) is 0 Å². The maximum Gasteiger partial charge on any atom is 0.0618 e. The zero-order valence-corrected chi connectivity index (χ0v) is 66.3. The van der Waals surface area contributed by atoms with Gasteiger partial charge in [0.15, 0.2) is 0 Å². The summed E-state index contributed by atoms with van der Waals surface area (Å²) in [7, 11) is 0. The SMILES string of the molecule is CC(C)(C)c1ccc(-c2ccc3c(c2)C2c4cc(-c5ccc(C(C)(C)C)cc5)ccc4N(c4c(-c5ccc(C(C)(C)C)cc5)cccc4-c4ccc(C(C)(C)C)cc4)c4cc(C5c6ccccc6Cc6ccccc65)cc(c42)N3c2c(-c3ccc(C(C)(C)C)cc3)cccc2-c2ccc(C(C)(C)C)cc2)cc1. The Hall–Kier alpha value is -10.5. The van der Waals surface area contributed by atoms with Crippen molar-refractivity contribution in [3.63, 3.8) is 0 Å². The second kappa shape index (κ2) is 26.2. The maximum atomic E-state index is 2.75. The molecule has 16 rings (SSSR count). The van der Waals surface area contributed by atoms with Gasteiger partial charge in [0.1, 0.15) is 0 Å². The number of nitrogens with zero attached hydrogens (tertiary/aromatic N) is 2. The van der Waals surface area contributed by atoms with Crippen molar-refractivity contribution >= 4 is 34.1 Å². The summed E-state index contributed by atoms with van der Waals surface area (Å²) < 4.78 is 0. The van der Waals surface area contributed by atoms with Crippen molar-refractivity contribution in [2.45, 2.75) is 175 Å². The maximum absolute atomic E-state index is 2.75. The normalized spacial score (nSPS) is 13.9. The molecule has 13 aromatic rings. The number of hydrogen-bond acceptors (Lipinski definition) is 2. The number of benzene rings is 13. The molecule has 0 unspecified atom stereocenters. The number of anilines is 6. The van der Waals surface area contributed by atoms with Crippen LogP contribution in [0.5, 0.6) is 0 Å². The van der Waals surface area contributed by atoms with Crippen molar-refractivity contribution < 1.29 is 0 Å². The van der Waals surface area contributed by atoms with Gasteiger partial charge in [0, 0.05) is 39.7 Å². The highest BCUT2D eigenvalue weighted by atomic mass is 15.2. The molecule has 2 heterocycles. The largest absolute Gasteiger partial charge is 0.309 e. The summed E-state index contributed by atoms with van der Waals surface area (Å²) in [6.45, 7) is 41.8. The third-order valence-corrected chi connectivity index (χ3v) is 23.5. The third kappa shape index (κ3) is 13.0. The fourth-order valence-electron chi connectivity index (χ4n) is 17.1. The lowest BCUT2D eigenvalue weighted by molar-refractivity contribution is 0.590. The van der Waals surface area contributed by atoms with Gasteiger partial charge in [-0.2, -0.15) is 0 Å². The summed E-state index contributed by atoms with van der Waals surface area (Å²) in [5.74, 6) is -0.352. The van der Waals surface area contributed by atoms with Crippen molar-refractivity contribution in [2.24, 2.45) is 0 Å². The lowest BCUT2D eigenvalue weighted by atomic mass is 9.71. The van der Waals surface area contributed by atoms with Crippen LogP contribution in [0.3, 0.4) is 0 Å². The Morgan fingerprint density at radius 2 is 0.486 bits per heavy atom. The lowest BCUT2D eigenvalue weighted by Gasteiger charge is -2.47. The van der Waals surface area contributed by atoms with Gasteiger partial charge in [-0.25, -0.2) is 0 Å². The fourth-order valence-corrected chi connectivity index (χ4v) is 17.1. The van der Waals surface area contributed by atoms with E-state index in [0.29, 0.717) is 0 Å². The minimum atomic E-state index is -0.249. The quantitative estimate of drug-likeness (QED) is 0.142. The van der Waals surface area contributed by atoms with Gasteiger partial charge in [0.2, 0.25) is 0 Å². The van der Waals surface area contributed by atoms with E-state index in [0.717, 1.165) is 29.2 Å². The van der Waals surface area contributed by atoms with Crippen molar-refractivity contribution in [3.05, 3.63) is 357 Å². The molecule has 2 aliphatic heterocycles. The second-order valence-corrected chi connectivity index (χ2v) is 37.0. The molecule has 0 fully saturated rings. The van der Waals surface area contributed by atoms with Crippen LogP contribution in [0.4, 0.5) is 34.1 Å². The molecule has 0 bridgehead atoms. The van der Waals surface area contributed by atoms with Crippen LogP contribution in [-0.4, -0.2) is 0 Å². The van der Waals surface area contributed by atoms with Gasteiger partial charge in [-0.05, 0) is 192 Å². The summed E-state index contributed by atoms with van der Waals surface area (Å²) in [4.78, 5) is 5.51. The molecule has 1 aliphatic carbocycles. The molecular weight excluding hydrogens is 1290 g/mol. The van der Waals surface area contributed by atoms with Gasteiger partial charge < -0.3 is 9.80 Å². The van der Waals surface area contributed by atoms with Gasteiger partial charge in [0.25, 0.3) is 0 Å². The summed E-state index contributed by atoms with van der Waals surface area (Å²) in [6, 6.07) is 110. The first kappa shape index (κ1) is 70.8. The summed E-state index contributed by atoms with van der Waals surface area (Å²) in [5, 5.41) is 0. The van der Waals surface area contributed by atoms with Gasteiger partial charge >= 0.3 is 0 Å². The van der Waals surface area contributed by atoms with Crippen LogP contribution in [0.25, 0.3) is 66.8 Å². The molecular formula is C105H104N2. The summed E-state index contributed by atoms with van der Waals surface area (Å²) >= 11 is 0. The topological polar surface area (TPSA) is 6.48 Å². The van der Waals surface area contributed by atoms with Crippen LogP contribution < -0.4 is 9.80 Å². The molecule has 0 spiro atoms. The molecule has 3 aliphatic rings. The Balaban J connectivity index is 1.09. The zero-order chi connectivity index (χ0) is 75.0. The smallest absolute Gasteiger partial charge is 0.0618 e. The Bertz CT molecular complexity index is 5050. The van der Waals surface area contributed by atoms with Crippen LogP contribution >= 0.6 is 0 Å². The predicted octanol–water partition coefficient (Wildman–Crippen LogP) is 29.3. The van der Waals surface area contributed by atoms with Crippen LogP contribution in [0.2, 0.25) is 0 Å². The van der Waals surface area contributed by atoms with Crippen LogP contribution in [0, 0.1) is 0 Å². The highest BCUT2D eigenvalue weighted by Crippen LogP contribution is 2.65. The van der Waals surface area contributed by atoms with E-state index in [9.17, 15) is 0 Å². The van der Waals surface area contributed by atoms with Crippen molar-refractivity contribution in [3.8, 4) is 66.8 Å². The van der Waals surface area contributed by atoms with E-state index in [1.165, 1.54) is 156 Å². The highest BCUT2D eigenvalue weighted by molar-refractivity contribution is 6.07. The zero-order valence-electron chi connectivity index (χ0n) is 66.3. The van der Waals surface area contributed by atoms with E-state index in [-0.39, 0.29) is 44.3 Å². The molecule has 0 amide bonds. The Morgan fingerprint density at radius 3 is 0.766 bits per heavy atom. The van der Waals surface area contributed by atoms with Crippen LogP contribution in [-0.2, 0) is 38.9 Å². The molecule has 2 nitrogen and oxygen atoms in total. The lowest BCUT2D eigenvalue weighted by Crippen LogP contribution is -2.31. The number of para-hydroxylation sites is 2. The second-order valence-electron chi connectivity index (χ2n) is 37.0. The van der Waals surface area contributed by atoms with Gasteiger partial charge in [0.05, 0.1) is 34.1 Å². The molecule has 13 aromatic carbocycles. The third-order valence-electron chi connectivity index (χ3n) is 23.5. The average molecular weight is 1390 g/mol. The summed E-state index contributed by atoms with van der Waals surface area (Å²) in [5.41, 5.74) is 39.2. The standard InChI is InChI=1S/C105H104N2/c1-100(2,3)77-47-33-66(34-48-77)72-45-59-91-89(62-72)96-90-63-73(67-35-49-78(50-36-67)101(4,5)6)46-60-92(90)107(99-87(70-41-55-81(56-42-70)104(13,14)15)31-24-32-88(99)71-43-57-82(58-44-71)105(16,17)18)94-65-76(95-83-27-21-19-25-74(83)61-75-26-20-22-28-84(75)95)64-93(97(94)96)106(91)98-85(68-37-51-79(52-38-68)102(7,8)9)29-23-30-86(98)69-39-53-80(54-40-69)103(10,11)12/h19-60,62-65,95-96H,61H2,1-18H3. The molecule has 0 saturated heterocycles. The fraction of sp³-hybridized carbons (Fsp3) is 0.257. The Morgan fingerprint density at radius 1 is 0.224 bits per heavy atom. The Labute approximate surface area is 638 Å². The predicted molar refractivity (Wildman–Crippen MR) is 458 cm³/mol. The molecule has 0 atom stereocenters. The molecule has 534 valence electrons. The van der Waals surface area contributed by atoms with E-state index < -0.39 is 0 Å². The first-order chi connectivity index (χ1) is 50.8. The molecule has 0 saturated carbocycles. The van der Waals surface area contributed by atoms with Gasteiger partial charge in [-0.1, -0.05) is 367 Å². The van der Waals surface area contributed by atoms with Gasteiger partial charge in [-0.15, -0.1) is 0 Å². The summed E-state index contributed by atoms with van der Waals surface area (Å²) in [6.07, 6.45) is 0.877. The molecule has 0 N–H and O–H groups in total. The first-order valence-corrected chi connectivity index (χ1v) is 39.0. The van der Waals surface area contributed by atoms with E-state index in [2.05, 4.69) is 413 Å². The van der Waals surface area contributed by atoms with Crippen molar-refractivity contribution in [1.82, 2.24) is 0 Å². The molecule has 2 heteroatoms. The monoisotopic (exact) mass is 1390 g/mol. The number of hydrogen-bond donors (Lipinski definition) is 0. The minimum Gasteiger partial charge on any atom is -0.309 e.